The van der Waals surface area contributed by atoms with Gasteiger partial charge < -0.3 is 5.32 Å². The van der Waals surface area contributed by atoms with E-state index in [2.05, 4.69) is 22.4 Å². The number of halogens is 1. The Morgan fingerprint density at radius 2 is 2.40 bits per heavy atom. The van der Waals surface area contributed by atoms with Gasteiger partial charge in [-0.25, -0.2) is 0 Å². The van der Waals surface area contributed by atoms with Crippen molar-refractivity contribution in [3.63, 3.8) is 0 Å². The molecule has 1 heterocycles. The van der Waals surface area contributed by atoms with Crippen LogP contribution in [-0.4, -0.2) is 16.7 Å². The van der Waals surface area contributed by atoms with Crippen LogP contribution in [0.15, 0.2) is 0 Å². The molecule has 0 saturated carbocycles. The molecule has 0 radical (unpaired) electrons. The summed E-state index contributed by atoms with van der Waals surface area (Å²) in [5, 5.41) is 11.3. The van der Waals surface area contributed by atoms with Gasteiger partial charge in [0.2, 0.25) is 9.60 Å². The van der Waals surface area contributed by atoms with Crippen LogP contribution in [0.5, 0.6) is 0 Å². The highest BCUT2D eigenvalue weighted by molar-refractivity contribution is 7.18. The maximum atomic E-state index is 5.54. The van der Waals surface area contributed by atoms with E-state index in [1.165, 1.54) is 11.3 Å². The molecule has 1 N–H and O–H groups in total. The Morgan fingerprint density at radius 1 is 1.60 bits per heavy atom. The van der Waals surface area contributed by atoms with Gasteiger partial charge >= 0.3 is 0 Å². The van der Waals surface area contributed by atoms with Crippen LogP contribution >= 0.6 is 22.9 Å². The molecule has 10 heavy (non-hydrogen) atoms. The lowest BCUT2D eigenvalue weighted by Crippen LogP contribution is -1.98. The lowest BCUT2D eigenvalue weighted by atomic mass is 10.5. The molecule has 0 amide bonds. The minimum atomic E-state index is 0.485. The van der Waals surface area contributed by atoms with Crippen LogP contribution in [0.3, 0.4) is 0 Å². The topological polar surface area (TPSA) is 37.8 Å². The smallest absolute Gasteiger partial charge is 0.208 e. The van der Waals surface area contributed by atoms with E-state index in [9.17, 15) is 0 Å². The van der Waals surface area contributed by atoms with Crippen molar-refractivity contribution in [3.8, 4) is 0 Å². The molecule has 56 valence electrons. The third-order valence-corrected chi connectivity index (χ3v) is 1.90. The molecular formula is C5H8ClN3S. The van der Waals surface area contributed by atoms with E-state index in [1.54, 1.807) is 0 Å². The summed E-state index contributed by atoms with van der Waals surface area (Å²) in [4.78, 5) is 0. The highest BCUT2D eigenvalue weighted by Gasteiger charge is 1.97. The molecule has 0 aliphatic heterocycles. The summed E-state index contributed by atoms with van der Waals surface area (Å²) in [6.45, 7) is 3.02. The average Bonchev–Trinajstić information content (AvgIpc) is 2.31. The standard InChI is InChI=1S/C5H8ClN3S/c1-2-3-7-5-9-8-4(6)10-5/h2-3H2,1H3,(H,7,9). The Morgan fingerprint density at radius 3 is 2.90 bits per heavy atom. The molecule has 0 fully saturated rings. The van der Waals surface area contributed by atoms with Gasteiger partial charge in [-0.2, -0.15) is 0 Å². The van der Waals surface area contributed by atoms with Crippen molar-refractivity contribution in [1.29, 1.82) is 0 Å². The number of aromatic nitrogens is 2. The van der Waals surface area contributed by atoms with Crippen molar-refractivity contribution in [2.45, 2.75) is 13.3 Å². The predicted octanol–water partition coefficient (Wildman–Crippen LogP) is 2.01. The van der Waals surface area contributed by atoms with Crippen molar-refractivity contribution >= 4 is 28.1 Å². The fraction of sp³-hybridized carbons (Fsp3) is 0.600. The molecule has 0 spiro atoms. The third-order valence-electron chi connectivity index (χ3n) is 0.927. The molecule has 5 heteroatoms. The first kappa shape index (κ1) is 7.75. The molecule has 0 bridgehead atoms. The molecule has 0 atom stereocenters. The second-order valence-corrected chi connectivity index (χ2v) is 3.35. The summed E-state index contributed by atoms with van der Waals surface area (Å²) in [5.74, 6) is 0. The van der Waals surface area contributed by atoms with Crippen LogP contribution in [0.1, 0.15) is 13.3 Å². The summed E-state index contributed by atoms with van der Waals surface area (Å²) < 4.78 is 0.485. The second-order valence-electron chi connectivity index (χ2n) is 1.79. The van der Waals surface area contributed by atoms with Gasteiger partial charge in [0, 0.05) is 6.54 Å². The zero-order valence-electron chi connectivity index (χ0n) is 5.59. The van der Waals surface area contributed by atoms with Gasteiger partial charge in [0.15, 0.2) is 0 Å². The Balaban J connectivity index is 2.42. The zero-order valence-corrected chi connectivity index (χ0v) is 7.17. The highest BCUT2D eigenvalue weighted by atomic mass is 35.5. The minimum Gasteiger partial charge on any atom is -0.360 e. The fourth-order valence-electron chi connectivity index (χ4n) is 0.509. The van der Waals surface area contributed by atoms with Crippen molar-refractivity contribution in [1.82, 2.24) is 10.2 Å². The van der Waals surface area contributed by atoms with Gasteiger partial charge in [0.05, 0.1) is 0 Å². The normalized spacial score (nSPS) is 9.80. The number of rotatable bonds is 3. The lowest BCUT2D eigenvalue weighted by Gasteiger charge is -1.94. The molecule has 0 aromatic carbocycles. The molecule has 0 aliphatic carbocycles. The third kappa shape index (κ3) is 2.11. The molecule has 3 nitrogen and oxygen atoms in total. The monoisotopic (exact) mass is 177 g/mol. The number of anilines is 1. The van der Waals surface area contributed by atoms with E-state index < -0.39 is 0 Å². The van der Waals surface area contributed by atoms with E-state index in [4.69, 9.17) is 11.6 Å². The Bertz CT molecular complexity index is 201. The highest BCUT2D eigenvalue weighted by Crippen LogP contribution is 2.18. The van der Waals surface area contributed by atoms with Crippen molar-refractivity contribution in [3.05, 3.63) is 4.47 Å². The van der Waals surface area contributed by atoms with E-state index >= 15 is 0 Å². The fourth-order valence-corrected chi connectivity index (χ4v) is 1.26. The lowest BCUT2D eigenvalue weighted by molar-refractivity contribution is 0.963. The Labute approximate surface area is 68.4 Å². The van der Waals surface area contributed by atoms with Crippen LogP contribution in [0.2, 0.25) is 4.47 Å². The summed E-state index contributed by atoms with van der Waals surface area (Å²) in [7, 11) is 0. The van der Waals surface area contributed by atoms with Crippen LogP contribution in [-0.2, 0) is 0 Å². The van der Waals surface area contributed by atoms with Gasteiger partial charge in [-0.15, -0.1) is 10.2 Å². The molecule has 0 saturated heterocycles. The maximum absolute atomic E-state index is 5.54. The molecule has 1 rings (SSSR count). The van der Waals surface area contributed by atoms with E-state index in [-0.39, 0.29) is 0 Å². The first-order valence-corrected chi connectivity index (χ1v) is 4.25. The summed E-state index contributed by atoms with van der Waals surface area (Å²) in [6, 6.07) is 0. The average molecular weight is 178 g/mol. The predicted molar refractivity (Wildman–Crippen MR) is 43.7 cm³/mol. The molecule has 1 aromatic rings. The van der Waals surface area contributed by atoms with Gasteiger partial charge in [-0.05, 0) is 18.0 Å². The van der Waals surface area contributed by atoms with Gasteiger partial charge in [-0.3, -0.25) is 0 Å². The van der Waals surface area contributed by atoms with E-state index in [1.807, 2.05) is 0 Å². The van der Waals surface area contributed by atoms with Crippen molar-refractivity contribution in [2.24, 2.45) is 0 Å². The summed E-state index contributed by atoms with van der Waals surface area (Å²) >= 11 is 6.90. The number of nitrogens with one attached hydrogen (secondary N) is 1. The van der Waals surface area contributed by atoms with E-state index in [0.717, 1.165) is 18.1 Å². The largest absolute Gasteiger partial charge is 0.360 e. The van der Waals surface area contributed by atoms with Crippen molar-refractivity contribution in [2.75, 3.05) is 11.9 Å². The Kier molecular flexibility index (Phi) is 2.89. The minimum absolute atomic E-state index is 0.485. The van der Waals surface area contributed by atoms with Crippen LogP contribution < -0.4 is 5.32 Å². The maximum Gasteiger partial charge on any atom is 0.208 e. The number of nitrogens with zero attached hydrogens (tertiary/aromatic N) is 2. The second kappa shape index (κ2) is 3.73. The zero-order chi connectivity index (χ0) is 7.40. The van der Waals surface area contributed by atoms with Crippen LogP contribution in [0, 0.1) is 0 Å². The first-order valence-electron chi connectivity index (χ1n) is 3.06. The SMILES string of the molecule is CCCNc1nnc(Cl)s1. The molecule has 1 aromatic heterocycles. The summed E-state index contributed by atoms with van der Waals surface area (Å²) in [5.41, 5.74) is 0. The van der Waals surface area contributed by atoms with E-state index in [0.29, 0.717) is 4.47 Å². The van der Waals surface area contributed by atoms with Crippen LogP contribution in [0.4, 0.5) is 5.13 Å². The molecule has 0 aliphatic rings. The quantitative estimate of drug-likeness (QED) is 0.768. The van der Waals surface area contributed by atoms with Crippen LogP contribution in [0.25, 0.3) is 0 Å². The van der Waals surface area contributed by atoms with Gasteiger partial charge in [-0.1, -0.05) is 18.3 Å². The van der Waals surface area contributed by atoms with Gasteiger partial charge in [0.1, 0.15) is 0 Å². The number of hydrogen-bond acceptors (Lipinski definition) is 4. The number of hydrogen-bond donors (Lipinski definition) is 1. The molecular weight excluding hydrogens is 170 g/mol. The van der Waals surface area contributed by atoms with Gasteiger partial charge in [0.25, 0.3) is 0 Å². The summed E-state index contributed by atoms with van der Waals surface area (Å²) in [6.07, 6.45) is 1.08. The van der Waals surface area contributed by atoms with Crippen molar-refractivity contribution < 1.29 is 0 Å². The Hall–Kier alpha value is -0.350. The first-order chi connectivity index (χ1) is 4.83. The molecule has 0 unspecified atom stereocenters.